The minimum atomic E-state index is -2.83. The van der Waals surface area contributed by atoms with Crippen LogP contribution in [0.25, 0.3) is 0 Å². The fourth-order valence-electron chi connectivity index (χ4n) is 2.96. The molecule has 2 saturated heterocycles. The van der Waals surface area contributed by atoms with Crippen molar-refractivity contribution in [3.8, 4) is 0 Å². The molecule has 0 radical (unpaired) electrons. The quantitative estimate of drug-likeness (QED) is 0.758. The van der Waals surface area contributed by atoms with Crippen LogP contribution in [0.4, 0.5) is 4.39 Å². The van der Waals surface area contributed by atoms with Crippen LogP contribution in [0.1, 0.15) is 26.2 Å². The first-order valence-corrected chi connectivity index (χ1v) is 7.83. The molecule has 0 spiro atoms. The van der Waals surface area contributed by atoms with E-state index in [1.807, 2.05) is 0 Å². The number of rotatable bonds is 1. The molecule has 0 aromatic rings. The van der Waals surface area contributed by atoms with E-state index < -0.39 is 15.5 Å². The Morgan fingerprint density at radius 2 is 1.94 bits per heavy atom. The highest BCUT2D eigenvalue weighted by atomic mass is 32.2. The van der Waals surface area contributed by atoms with Crippen molar-refractivity contribution in [3.05, 3.63) is 0 Å². The van der Waals surface area contributed by atoms with Gasteiger partial charge in [-0.1, -0.05) is 0 Å². The standard InChI is InChI=1S/C11H20FNO2S/c1-11(12)4-5-13-8-10(11)9-2-6-16(14,15)7-3-9/h9-10,13H,2-8H2,1H3. The number of hydrogen-bond donors (Lipinski definition) is 1. The van der Waals surface area contributed by atoms with Gasteiger partial charge in [-0.25, -0.2) is 12.8 Å². The van der Waals surface area contributed by atoms with Gasteiger partial charge in [-0.05, 0) is 38.6 Å². The Kier molecular flexibility index (Phi) is 3.27. The summed E-state index contributed by atoms with van der Waals surface area (Å²) in [6.45, 7) is 3.09. The van der Waals surface area contributed by atoms with Crippen molar-refractivity contribution in [3.63, 3.8) is 0 Å². The normalized spacial score (nSPS) is 40.8. The Balaban J connectivity index is 2.02. The predicted octanol–water partition coefficient (Wildman–Crippen LogP) is 1.15. The van der Waals surface area contributed by atoms with E-state index >= 15 is 0 Å². The molecule has 16 heavy (non-hydrogen) atoms. The Hall–Kier alpha value is -0.160. The molecule has 0 bridgehead atoms. The minimum Gasteiger partial charge on any atom is -0.316 e. The van der Waals surface area contributed by atoms with Crippen molar-refractivity contribution in [1.82, 2.24) is 5.32 Å². The highest BCUT2D eigenvalue weighted by molar-refractivity contribution is 7.91. The molecule has 1 N–H and O–H groups in total. The zero-order chi connectivity index (χ0) is 11.8. The molecule has 5 heteroatoms. The van der Waals surface area contributed by atoms with Gasteiger partial charge in [-0.15, -0.1) is 0 Å². The fraction of sp³-hybridized carbons (Fsp3) is 1.00. The number of hydrogen-bond acceptors (Lipinski definition) is 3. The van der Waals surface area contributed by atoms with E-state index in [1.165, 1.54) is 0 Å². The molecule has 94 valence electrons. The number of sulfone groups is 1. The van der Waals surface area contributed by atoms with Crippen molar-refractivity contribution < 1.29 is 12.8 Å². The third kappa shape index (κ3) is 2.56. The fourth-order valence-corrected chi connectivity index (χ4v) is 4.49. The summed E-state index contributed by atoms with van der Waals surface area (Å²) in [5.41, 5.74) is -1.13. The number of piperidine rings is 1. The molecule has 0 saturated carbocycles. The van der Waals surface area contributed by atoms with Gasteiger partial charge in [-0.2, -0.15) is 0 Å². The molecule has 3 nitrogen and oxygen atoms in total. The molecular formula is C11H20FNO2S. The minimum absolute atomic E-state index is 0.0169. The maximum atomic E-state index is 14.3. The molecule has 0 amide bonds. The first-order chi connectivity index (χ1) is 7.41. The van der Waals surface area contributed by atoms with E-state index in [-0.39, 0.29) is 23.3 Å². The van der Waals surface area contributed by atoms with Crippen LogP contribution in [0.5, 0.6) is 0 Å². The van der Waals surface area contributed by atoms with Gasteiger partial charge in [-0.3, -0.25) is 0 Å². The summed E-state index contributed by atoms with van der Waals surface area (Å²) in [6, 6.07) is 0. The SMILES string of the molecule is CC1(F)CCNCC1C1CCS(=O)(=O)CC1. The first-order valence-electron chi connectivity index (χ1n) is 6.01. The lowest BCUT2D eigenvalue weighted by Crippen LogP contribution is -2.50. The van der Waals surface area contributed by atoms with Crippen LogP contribution >= 0.6 is 0 Å². The molecule has 0 aliphatic carbocycles. The van der Waals surface area contributed by atoms with Gasteiger partial charge in [0.2, 0.25) is 0 Å². The zero-order valence-corrected chi connectivity index (χ0v) is 10.5. The van der Waals surface area contributed by atoms with Crippen LogP contribution in [0, 0.1) is 11.8 Å². The lowest BCUT2D eigenvalue weighted by molar-refractivity contribution is 0.0273. The summed E-state index contributed by atoms with van der Waals surface area (Å²) < 4.78 is 37.0. The summed E-state index contributed by atoms with van der Waals surface area (Å²) in [5, 5.41) is 3.22. The Morgan fingerprint density at radius 3 is 2.50 bits per heavy atom. The van der Waals surface area contributed by atoms with Gasteiger partial charge in [0, 0.05) is 12.5 Å². The number of alkyl halides is 1. The third-order valence-corrected chi connectivity index (χ3v) is 5.81. The van der Waals surface area contributed by atoms with Gasteiger partial charge in [0.25, 0.3) is 0 Å². The molecule has 2 atom stereocenters. The monoisotopic (exact) mass is 249 g/mol. The van der Waals surface area contributed by atoms with E-state index in [2.05, 4.69) is 5.32 Å². The maximum Gasteiger partial charge on any atom is 0.150 e. The number of halogens is 1. The van der Waals surface area contributed by atoms with Crippen molar-refractivity contribution >= 4 is 9.84 Å². The van der Waals surface area contributed by atoms with E-state index in [0.717, 1.165) is 6.54 Å². The van der Waals surface area contributed by atoms with E-state index in [1.54, 1.807) is 6.92 Å². The lowest BCUT2D eigenvalue weighted by Gasteiger charge is -2.41. The number of nitrogens with one attached hydrogen (secondary N) is 1. The van der Waals surface area contributed by atoms with Crippen LogP contribution in [0.3, 0.4) is 0 Å². The second kappa shape index (κ2) is 4.26. The van der Waals surface area contributed by atoms with Crippen LogP contribution in [-0.2, 0) is 9.84 Å². The molecule has 2 aliphatic rings. The average Bonchev–Trinajstić information content (AvgIpc) is 2.18. The molecule has 2 heterocycles. The lowest BCUT2D eigenvalue weighted by atomic mass is 9.74. The van der Waals surface area contributed by atoms with Crippen LogP contribution in [0.15, 0.2) is 0 Å². The molecule has 2 aliphatic heterocycles. The van der Waals surface area contributed by atoms with E-state index in [9.17, 15) is 12.8 Å². The van der Waals surface area contributed by atoms with Crippen molar-refractivity contribution in [2.75, 3.05) is 24.6 Å². The zero-order valence-electron chi connectivity index (χ0n) is 9.71. The van der Waals surface area contributed by atoms with Gasteiger partial charge in [0.05, 0.1) is 11.5 Å². The molecular weight excluding hydrogens is 229 g/mol. The van der Waals surface area contributed by atoms with Crippen molar-refractivity contribution in [2.24, 2.45) is 11.8 Å². The van der Waals surface area contributed by atoms with E-state index in [4.69, 9.17) is 0 Å². The molecule has 0 aromatic heterocycles. The summed E-state index contributed by atoms with van der Waals surface area (Å²) in [7, 11) is -2.83. The Bertz CT molecular complexity index is 339. The van der Waals surface area contributed by atoms with Gasteiger partial charge in [0.15, 0.2) is 0 Å². The van der Waals surface area contributed by atoms with Crippen LogP contribution < -0.4 is 5.32 Å². The average molecular weight is 249 g/mol. The molecule has 2 fully saturated rings. The second-order valence-electron chi connectivity index (χ2n) is 5.33. The second-order valence-corrected chi connectivity index (χ2v) is 7.63. The summed E-state index contributed by atoms with van der Waals surface area (Å²) in [5.74, 6) is 0.692. The maximum absolute atomic E-state index is 14.3. The highest BCUT2D eigenvalue weighted by Gasteiger charge is 2.42. The largest absolute Gasteiger partial charge is 0.316 e. The van der Waals surface area contributed by atoms with Crippen LogP contribution in [0.2, 0.25) is 0 Å². The van der Waals surface area contributed by atoms with Crippen molar-refractivity contribution in [1.29, 1.82) is 0 Å². The first kappa shape index (κ1) is 12.3. The van der Waals surface area contributed by atoms with E-state index in [0.29, 0.717) is 25.8 Å². The Labute approximate surface area is 96.7 Å². The van der Waals surface area contributed by atoms with Gasteiger partial charge < -0.3 is 5.32 Å². The van der Waals surface area contributed by atoms with Crippen molar-refractivity contribution in [2.45, 2.75) is 31.9 Å². The summed E-state index contributed by atoms with van der Waals surface area (Å²) >= 11 is 0. The van der Waals surface area contributed by atoms with Gasteiger partial charge in [0.1, 0.15) is 15.5 Å². The predicted molar refractivity (Wildman–Crippen MR) is 61.9 cm³/mol. The van der Waals surface area contributed by atoms with Crippen LogP contribution in [-0.4, -0.2) is 38.7 Å². The topological polar surface area (TPSA) is 46.2 Å². The summed E-state index contributed by atoms with van der Waals surface area (Å²) in [4.78, 5) is 0. The highest BCUT2D eigenvalue weighted by Crippen LogP contribution is 2.38. The summed E-state index contributed by atoms with van der Waals surface area (Å²) in [6.07, 6.45) is 1.81. The van der Waals surface area contributed by atoms with Gasteiger partial charge >= 0.3 is 0 Å². The molecule has 2 unspecified atom stereocenters. The molecule has 2 rings (SSSR count). The Morgan fingerprint density at radius 1 is 1.31 bits per heavy atom. The smallest absolute Gasteiger partial charge is 0.150 e. The molecule has 0 aromatic carbocycles. The third-order valence-electron chi connectivity index (χ3n) is 4.10.